The van der Waals surface area contributed by atoms with Gasteiger partial charge < -0.3 is 15.0 Å². The van der Waals surface area contributed by atoms with Crippen molar-refractivity contribution < 1.29 is 4.74 Å². The first kappa shape index (κ1) is 16.8. The zero-order chi connectivity index (χ0) is 15.9. The number of hydrogen-bond acceptors (Lipinski definition) is 3. The standard InChI is InChI=1S/C18H23ClN2O/c1-21(2)18(14-8-10-16(22-3)11-9-14)13-20-12-15-6-4-5-7-17(15)19/h4-11,18,20H,12-13H2,1-3H3. The monoisotopic (exact) mass is 318 g/mol. The molecular formula is C18H23ClN2O. The topological polar surface area (TPSA) is 24.5 Å². The van der Waals surface area contributed by atoms with Gasteiger partial charge in [0.25, 0.3) is 0 Å². The Kier molecular flexibility index (Phi) is 6.25. The van der Waals surface area contributed by atoms with Crippen LogP contribution in [0.3, 0.4) is 0 Å². The Hall–Kier alpha value is -1.55. The van der Waals surface area contributed by atoms with E-state index in [2.05, 4.69) is 36.4 Å². The molecule has 118 valence electrons. The van der Waals surface area contributed by atoms with Crippen LogP contribution < -0.4 is 10.1 Å². The Bertz CT molecular complexity index is 584. The molecule has 0 aliphatic carbocycles. The van der Waals surface area contributed by atoms with Crippen molar-refractivity contribution in [3.63, 3.8) is 0 Å². The van der Waals surface area contributed by atoms with Crippen molar-refractivity contribution in [2.45, 2.75) is 12.6 Å². The van der Waals surface area contributed by atoms with E-state index in [4.69, 9.17) is 16.3 Å². The van der Waals surface area contributed by atoms with E-state index in [1.807, 2.05) is 36.4 Å². The van der Waals surface area contributed by atoms with Crippen molar-refractivity contribution >= 4 is 11.6 Å². The predicted octanol–water partition coefficient (Wildman–Crippen LogP) is 3.74. The number of methoxy groups -OCH3 is 1. The Morgan fingerprint density at radius 1 is 1.09 bits per heavy atom. The summed E-state index contributed by atoms with van der Waals surface area (Å²) >= 11 is 6.19. The molecule has 4 heteroatoms. The molecule has 0 aliphatic rings. The lowest BCUT2D eigenvalue weighted by Crippen LogP contribution is -2.30. The summed E-state index contributed by atoms with van der Waals surface area (Å²) in [6, 6.07) is 16.5. The van der Waals surface area contributed by atoms with Crippen LogP contribution in [0.1, 0.15) is 17.2 Å². The van der Waals surface area contributed by atoms with Gasteiger partial charge in [-0.15, -0.1) is 0 Å². The lowest BCUT2D eigenvalue weighted by molar-refractivity contribution is 0.288. The van der Waals surface area contributed by atoms with Crippen LogP contribution in [-0.2, 0) is 6.54 Å². The molecule has 0 spiro atoms. The first-order valence-corrected chi connectivity index (χ1v) is 7.74. The Morgan fingerprint density at radius 2 is 1.77 bits per heavy atom. The quantitative estimate of drug-likeness (QED) is 0.841. The lowest BCUT2D eigenvalue weighted by Gasteiger charge is -2.25. The highest BCUT2D eigenvalue weighted by Crippen LogP contribution is 2.21. The molecule has 1 N–H and O–H groups in total. The van der Waals surface area contributed by atoms with Gasteiger partial charge in [0.15, 0.2) is 0 Å². The van der Waals surface area contributed by atoms with Crippen LogP contribution in [0.5, 0.6) is 5.75 Å². The van der Waals surface area contributed by atoms with E-state index in [1.165, 1.54) is 5.56 Å². The molecule has 0 aliphatic heterocycles. The van der Waals surface area contributed by atoms with Gasteiger partial charge in [0.05, 0.1) is 7.11 Å². The van der Waals surface area contributed by atoms with Crippen molar-refractivity contribution in [2.24, 2.45) is 0 Å². The number of rotatable bonds is 7. The lowest BCUT2D eigenvalue weighted by atomic mass is 10.1. The van der Waals surface area contributed by atoms with Gasteiger partial charge in [0.2, 0.25) is 0 Å². The summed E-state index contributed by atoms with van der Waals surface area (Å²) in [6.07, 6.45) is 0. The van der Waals surface area contributed by atoms with Crippen LogP contribution in [0, 0.1) is 0 Å². The van der Waals surface area contributed by atoms with E-state index < -0.39 is 0 Å². The average molecular weight is 319 g/mol. The van der Waals surface area contributed by atoms with Crippen molar-refractivity contribution in [1.82, 2.24) is 10.2 Å². The minimum Gasteiger partial charge on any atom is -0.497 e. The van der Waals surface area contributed by atoms with E-state index in [0.29, 0.717) is 6.04 Å². The molecule has 22 heavy (non-hydrogen) atoms. The maximum Gasteiger partial charge on any atom is 0.118 e. The molecule has 2 rings (SSSR count). The van der Waals surface area contributed by atoms with E-state index in [1.54, 1.807) is 7.11 Å². The van der Waals surface area contributed by atoms with Gasteiger partial charge in [0.1, 0.15) is 5.75 Å². The molecule has 0 saturated carbocycles. The summed E-state index contributed by atoms with van der Waals surface area (Å²) in [5.74, 6) is 0.880. The second-order valence-corrected chi connectivity index (χ2v) is 5.88. The van der Waals surface area contributed by atoms with Gasteiger partial charge in [0, 0.05) is 24.2 Å². The first-order valence-electron chi connectivity index (χ1n) is 7.36. The van der Waals surface area contributed by atoms with Crippen molar-refractivity contribution in [2.75, 3.05) is 27.7 Å². The van der Waals surface area contributed by atoms with Gasteiger partial charge in [-0.2, -0.15) is 0 Å². The second kappa shape index (κ2) is 8.18. The largest absolute Gasteiger partial charge is 0.497 e. The normalized spacial score (nSPS) is 12.4. The van der Waals surface area contributed by atoms with Crippen molar-refractivity contribution in [3.8, 4) is 5.75 Å². The number of benzene rings is 2. The van der Waals surface area contributed by atoms with Crippen LogP contribution in [0.25, 0.3) is 0 Å². The number of nitrogens with zero attached hydrogens (tertiary/aromatic N) is 1. The third kappa shape index (κ3) is 4.47. The fraction of sp³-hybridized carbons (Fsp3) is 0.333. The zero-order valence-corrected chi connectivity index (χ0v) is 14.1. The average Bonchev–Trinajstić information content (AvgIpc) is 2.53. The Labute approximate surface area is 137 Å². The highest BCUT2D eigenvalue weighted by atomic mass is 35.5. The predicted molar refractivity (Wildman–Crippen MR) is 92.6 cm³/mol. The van der Waals surface area contributed by atoms with Gasteiger partial charge >= 0.3 is 0 Å². The molecule has 3 nitrogen and oxygen atoms in total. The van der Waals surface area contributed by atoms with Gasteiger partial charge in [-0.25, -0.2) is 0 Å². The number of ether oxygens (including phenoxy) is 1. The number of likely N-dealkylation sites (N-methyl/N-ethyl adjacent to an activating group) is 1. The summed E-state index contributed by atoms with van der Waals surface area (Å²) in [6.45, 7) is 1.62. The fourth-order valence-electron chi connectivity index (χ4n) is 2.41. The molecule has 0 amide bonds. The number of nitrogens with one attached hydrogen (secondary N) is 1. The number of halogens is 1. The molecule has 0 fully saturated rings. The highest BCUT2D eigenvalue weighted by molar-refractivity contribution is 6.31. The number of hydrogen-bond donors (Lipinski definition) is 1. The highest BCUT2D eigenvalue weighted by Gasteiger charge is 2.14. The van der Waals surface area contributed by atoms with Crippen LogP contribution in [0.2, 0.25) is 5.02 Å². The maximum absolute atomic E-state index is 6.19. The SMILES string of the molecule is COc1ccc(C(CNCc2ccccc2Cl)N(C)C)cc1. The Morgan fingerprint density at radius 3 is 2.36 bits per heavy atom. The Balaban J connectivity index is 1.98. The van der Waals surface area contributed by atoms with Crippen LogP contribution >= 0.6 is 11.6 Å². The molecular weight excluding hydrogens is 296 g/mol. The molecule has 2 aromatic rings. The third-order valence-corrected chi connectivity index (χ3v) is 4.10. The van der Waals surface area contributed by atoms with E-state index in [0.717, 1.165) is 29.4 Å². The molecule has 0 heterocycles. The van der Waals surface area contributed by atoms with E-state index in [9.17, 15) is 0 Å². The van der Waals surface area contributed by atoms with E-state index in [-0.39, 0.29) is 0 Å². The molecule has 2 aromatic carbocycles. The van der Waals surface area contributed by atoms with Gasteiger partial charge in [-0.3, -0.25) is 0 Å². The molecule has 0 saturated heterocycles. The van der Waals surface area contributed by atoms with E-state index >= 15 is 0 Å². The molecule has 0 aromatic heterocycles. The summed E-state index contributed by atoms with van der Waals surface area (Å²) in [4.78, 5) is 2.21. The maximum atomic E-state index is 6.19. The second-order valence-electron chi connectivity index (χ2n) is 5.47. The van der Waals surface area contributed by atoms with Crippen LogP contribution in [-0.4, -0.2) is 32.6 Å². The summed E-state index contributed by atoms with van der Waals surface area (Å²) in [5, 5.41) is 4.30. The fourth-order valence-corrected chi connectivity index (χ4v) is 2.61. The van der Waals surface area contributed by atoms with Crippen molar-refractivity contribution in [1.29, 1.82) is 0 Å². The molecule has 0 radical (unpaired) electrons. The summed E-state index contributed by atoms with van der Waals surface area (Å²) in [5.41, 5.74) is 2.38. The van der Waals surface area contributed by atoms with Gasteiger partial charge in [-0.05, 0) is 43.4 Å². The zero-order valence-electron chi connectivity index (χ0n) is 13.3. The van der Waals surface area contributed by atoms with Crippen LogP contribution in [0.4, 0.5) is 0 Å². The minimum atomic E-state index is 0.299. The first-order chi connectivity index (χ1) is 10.6. The smallest absolute Gasteiger partial charge is 0.118 e. The summed E-state index contributed by atoms with van der Waals surface area (Å²) < 4.78 is 5.22. The van der Waals surface area contributed by atoms with Crippen molar-refractivity contribution in [3.05, 3.63) is 64.7 Å². The van der Waals surface area contributed by atoms with Gasteiger partial charge in [-0.1, -0.05) is 41.9 Å². The minimum absolute atomic E-state index is 0.299. The van der Waals surface area contributed by atoms with Crippen LogP contribution in [0.15, 0.2) is 48.5 Å². The third-order valence-electron chi connectivity index (χ3n) is 3.73. The molecule has 1 atom stereocenters. The molecule has 1 unspecified atom stereocenters. The summed E-state index contributed by atoms with van der Waals surface area (Å²) in [7, 11) is 5.86. The molecule has 0 bridgehead atoms.